The Morgan fingerprint density at radius 3 is 2.90 bits per heavy atom. The number of ether oxygens (including phenoxy) is 1. The molecule has 2 rings (SSSR count). The van der Waals surface area contributed by atoms with E-state index in [-0.39, 0.29) is 6.10 Å². The Kier molecular flexibility index (Phi) is 5.96. The summed E-state index contributed by atoms with van der Waals surface area (Å²) in [7, 11) is 2.00. The molecular weight excluding hydrogens is 318 g/mol. The second kappa shape index (κ2) is 7.50. The van der Waals surface area contributed by atoms with Crippen molar-refractivity contribution >= 4 is 15.9 Å². The van der Waals surface area contributed by atoms with E-state index in [1.54, 1.807) is 0 Å². The molecule has 1 aromatic heterocycles. The van der Waals surface area contributed by atoms with Gasteiger partial charge in [0, 0.05) is 48.0 Å². The van der Waals surface area contributed by atoms with Crippen molar-refractivity contribution in [3.63, 3.8) is 0 Å². The highest BCUT2D eigenvalue weighted by Gasteiger charge is 2.28. The largest absolute Gasteiger partial charge is 0.374 e. The molecule has 1 N–H and O–H groups in total. The fourth-order valence-corrected chi connectivity index (χ4v) is 2.82. The summed E-state index contributed by atoms with van der Waals surface area (Å²) in [5.41, 5.74) is 1.10. The number of hydrogen-bond acceptors (Lipinski definition) is 4. The van der Waals surface area contributed by atoms with Crippen molar-refractivity contribution in [3.05, 3.63) is 28.5 Å². The van der Waals surface area contributed by atoms with Gasteiger partial charge in [-0.2, -0.15) is 0 Å². The molecule has 4 nitrogen and oxygen atoms in total. The van der Waals surface area contributed by atoms with Gasteiger partial charge in [-0.1, -0.05) is 0 Å². The Labute approximate surface area is 130 Å². The van der Waals surface area contributed by atoms with Crippen molar-refractivity contribution in [2.75, 3.05) is 26.7 Å². The molecule has 0 radical (unpaired) electrons. The van der Waals surface area contributed by atoms with Crippen LogP contribution in [0.3, 0.4) is 0 Å². The van der Waals surface area contributed by atoms with Crippen molar-refractivity contribution in [1.82, 2.24) is 15.2 Å². The van der Waals surface area contributed by atoms with Crippen LogP contribution in [0.1, 0.15) is 19.5 Å². The van der Waals surface area contributed by atoms with Crippen molar-refractivity contribution in [3.8, 4) is 0 Å². The first-order valence-electron chi connectivity index (χ1n) is 7.23. The van der Waals surface area contributed by atoms with Crippen LogP contribution in [0.15, 0.2) is 22.8 Å². The van der Waals surface area contributed by atoms with Crippen LogP contribution in [-0.4, -0.2) is 54.8 Å². The molecule has 0 saturated carbocycles. The monoisotopic (exact) mass is 341 g/mol. The molecule has 1 saturated heterocycles. The normalized spacial score (nSPS) is 22.1. The summed E-state index contributed by atoms with van der Waals surface area (Å²) < 4.78 is 6.98. The van der Waals surface area contributed by atoms with Crippen LogP contribution in [-0.2, 0) is 11.2 Å². The molecule has 0 spiro atoms. The maximum atomic E-state index is 5.97. The number of nitrogens with one attached hydrogen (secondary N) is 1. The zero-order chi connectivity index (χ0) is 14.5. The molecule has 0 amide bonds. The number of nitrogens with zero attached hydrogens (tertiary/aromatic N) is 2. The molecule has 0 aromatic carbocycles. The van der Waals surface area contributed by atoms with E-state index in [2.05, 4.69) is 51.0 Å². The number of hydrogen-bond donors (Lipinski definition) is 1. The summed E-state index contributed by atoms with van der Waals surface area (Å²) in [6.45, 7) is 7.32. The summed E-state index contributed by atoms with van der Waals surface area (Å²) in [6, 6.07) is 4.98. The van der Waals surface area contributed by atoms with E-state index >= 15 is 0 Å². The van der Waals surface area contributed by atoms with Gasteiger partial charge in [-0.15, -0.1) is 0 Å². The van der Waals surface area contributed by atoms with Gasteiger partial charge < -0.3 is 10.1 Å². The Morgan fingerprint density at radius 1 is 1.50 bits per heavy atom. The van der Waals surface area contributed by atoms with Crippen LogP contribution in [0.5, 0.6) is 0 Å². The summed E-state index contributed by atoms with van der Waals surface area (Å²) in [4.78, 5) is 6.94. The number of likely N-dealkylation sites (N-methyl/N-ethyl adjacent to an activating group) is 1. The number of aromatic nitrogens is 1. The van der Waals surface area contributed by atoms with E-state index in [0.717, 1.165) is 36.3 Å². The summed E-state index contributed by atoms with van der Waals surface area (Å²) in [6.07, 6.45) is 2.96. The molecular formula is C15H24BrN3O. The standard InChI is InChI=1S/C15H24BrN3O/c1-11(2)19-6-7-20-15(10-19)14(17-3)8-13-5-4-12(16)9-18-13/h4-5,9,11,14-15,17H,6-8,10H2,1-3H3. The van der Waals surface area contributed by atoms with Crippen LogP contribution in [0.2, 0.25) is 0 Å². The minimum Gasteiger partial charge on any atom is -0.374 e. The first-order chi connectivity index (χ1) is 9.60. The van der Waals surface area contributed by atoms with Gasteiger partial charge in [-0.3, -0.25) is 9.88 Å². The van der Waals surface area contributed by atoms with Gasteiger partial charge in [0.15, 0.2) is 0 Å². The van der Waals surface area contributed by atoms with Gasteiger partial charge in [-0.25, -0.2) is 0 Å². The lowest BCUT2D eigenvalue weighted by molar-refractivity contribution is -0.0543. The fraction of sp³-hybridized carbons (Fsp3) is 0.667. The molecule has 1 fully saturated rings. The second-order valence-electron chi connectivity index (χ2n) is 5.56. The average Bonchev–Trinajstić information content (AvgIpc) is 2.46. The summed E-state index contributed by atoms with van der Waals surface area (Å²) >= 11 is 3.42. The Balaban J connectivity index is 1.98. The SMILES string of the molecule is CNC(Cc1ccc(Br)cn1)C1CN(C(C)C)CCO1. The van der Waals surface area contributed by atoms with Crippen molar-refractivity contribution in [2.45, 2.75) is 38.5 Å². The molecule has 2 unspecified atom stereocenters. The molecule has 2 atom stereocenters. The lowest BCUT2D eigenvalue weighted by Gasteiger charge is -2.38. The molecule has 1 aliphatic rings. The fourth-order valence-electron chi connectivity index (χ4n) is 2.58. The van der Waals surface area contributed by atoms with Gasteiger partial charge in [0.25, 0.3) is 0 Å². The third-order valence-electron chi connectivity index (χ3n) is 3.89. The average molecular weight is 342 g/mol. The molecule has 0 bridgehead atoms. The van der Waals surface area contributed by atoms with Gasteiger partial charge in [-0.05, 0) is 49.0 Å². The van der Waals surface area contributed by atoms with Crippen LogP contribution in [0, 0.1) is 0 Å². The number of halogens is 1. The molecule has 1 aromatic rings. The molecule has 112 valence electrons. The highest BCUT2D eigenvalue weighted by molar-refractivity contribution is 9.10. The second-order valence-corrected chi connectivity index (χ2v) is 6.48. The van der Waals surface area contributed by atoms with Crippen molar-refractivity contribution in [2.24, 2.45) is 0 Å². The third kappa shape index (κ3) is 4.25. The first kappa shape index (κ1) is 15.9. The van der Waals surface area contributed by atoms with Crippen LogP contribution >= 0.6 is 15.9 Å². The maximum Gasteiger partial charge on any atom is 0.0859 e. The van der Waals surface area contributed by atoms with Crippen LogP contribution < -0.4 is 5.32 Å². The topological polar surface area (TPSA) is 37.4 Å². The number of morpholine rings is 1. The van der Waals surface area contributed by atoms with Gasteiger partial charge in [0.1, 0.15) is 0 Å². The van der Waals surface area contributed by atoms with E-state index in [0.29, 0.717) is 12.1 Å². The maximum absolute atomic E-state index is 5.97. The van der Waals surface area contributed by atoms with Gasteiger partial charge >= 0.3 is 0 Å². The molecule has 2 heterocycles. The van der Waals surface area contributed by atoms with Crippen molar-refractivity contribution in [1.29, 1.82) is 0 Å². The Hall–Kier alpha value is -0.490. The zero-order valence-corrected chi connectivity index (χ0v) is 14.1. The summed E-state index contributed by atoms with van der Waals surface area (Å²) in [5.74, 6) is 0. The highest BCUT2D eigenvalue weighted by atomic mass is 79.9. The van der Waals surface area contributed by atoms with E-state index in [4.69, 9.17) is 4.74 Å². The number of pyridine rings is 1. The zero-order valence-electron chi connectivity index (χ0n) is 12.5. The minimum atomic E-state index is 0.224. The lowest BCUT2D eigenvalue weighted by atomic mass is 10.0. The third-order valence-corrected chi connectivity index (χ3v) is 4.36. The van der Waals surface area contributed by atoms with E-state index in [1.165, 1.54) is 0 Å². The van der Waals surface area contributed by atoms with E-state index < -0.39 is 0 Å². The van der Waals surface area contributed by atoms with Crippen molar-refractivity contribution < 1.29 is 4.74 Å². The summed E-state index contributed by atoms with van der Waals surface area (Å²) in [5, 5.41) is 3.39. The van der Waals surface area contributed by atoms with E-state index in [1.807, 2.05) is 19.3 Å². The Bertz CT molecular complexity index is 410. The highest BCUT2D eigenvalue weighted by Crippen LogP contribution is 2.15. The number of rotatable bonds is 5. The van der Waals surface area contributed by atoms with Crippen LogP contribution in [0.25, 0.3) is 0 Å². The molecule has 0 aliphatic carbocycles. The molecule has 1 aliphatic heterocycles. The quantitative estimate of drug-likeness (QED) is 0.889. The minimum absolute atomic E-state index is 0.224. The lowest BCUT2D eigenvalue weighted by Crippen LogP contribution is -2.53. The smallest absolute Gasteiger partial charge is 0.0859 e. The van der Waals surface area contributed by atoms with E-state index in [9.17, 15) is 0 Å². The predicted molar refractivity (Wildman–Crippen MR) is 84.9 cm³/mol. The van der Waals surface area contributed by atoms with Crippen LogP contribution in [0.4, 0.5) is 0 Å². The van der Waals surface area contributed by atoms with Gasteiger partial charge in [0.05, 0.1) is 12.7 Å². The Morgan fingerprint density at radius 2 is 2.30 bits per heavy atom. The first-order valence-corrected chi connectivity index (χ1v) is 8.02. The van der Waals surface area contributed by atoms with Gasteiger partial charge in [0.2, 0.25) is 0 Å². The molecule has 20 heavy (non-hydrogen) atoms. The molecule has 5 heteroatoms. The predicted octanol–water partition coefficient (Wildman–Crippen LogP) is 2.08.